The molecule has 2 N–H and O–H groups in total. The first-order valence-corrected chi connectivity index (χ1v) is 11.4. The van der Waals surface area contributed by atoms with Crippen LogP contribution in [0.25, 0.3) is 11.6 Å². The molecule has 0 radical (unpaired) electrons. The Hall–Kier alpha value is -3.65. The molecule has 2 aromatic heterocycles. The number of ketones is 1. The van der Waals surface area contributed by atoms with Gasteiger partial charge in [-0.1, -0.05) is 71.4 Å². The maximum Gasteiger partial charge on any atom is 0.219 e. The van der Waals surface area contributed by atoms with E-state index >= 15 is 0 Å². The third-order valence-electron chi connectivity index (χ3n) is 5.22. The third kappa shape index (κ3) is 5.23. The Balaban J connectivity index is 1.74. The highest BCUT2D eigenvalue weighted by Crippen LogP contribution is 2.38. The van der Waals surface area contributed by atoms with Crippen LogP contribution in [0.2, 0.25) is 0 Å². The summed E-state index contributed by atoms with van der Waals surface area (Å²) >= 11 is 1.30. The Morgan fingerprint density at radius 2 is 1.67 bits per heavy atom. The minimum Gasteiger partial charge on any atom is -0.461 e. The molecule has 168 valence electrons. The lowest BCUT2D eigenvalue weighted by atomic mass is 10.0. The molecule has 1 unspecified atom stereocenters. The SMILES string of the molecule is Cc1ccc(C(=O)C(Sc2nnc(-c3ccco3)n2CCC(N)=O)c2ccc(C)cc2)cc1. The van der Waals surface area contributed by atoms with Gasteiger partial charge < -0.3 is 10.2 Å². The van der Waals surface area contributed by atoms with E-state index in [0.29, 0.717) is 22.3 Å². The van der Waals surface area contributed by atoms with E-state index in [1.807, 2.05) is 62.4 Å². The van der Waals surface area contributed by atoms with Crippen LogP contribution in [0.1, 0.15) is 38.7 Å². The fourth-order valence-electron chi connectivity index (χ4n) is 3.38. The number of aryl methyl sites for hydroxylation is 2. The van der Waals surface area contributed by atoms with E-state index in [1.165, 1.54) is 11.8 Å². The van der Waals surface area contributed by atoms with Crippen LogP contribution in [-0.4, -0.2) is 26.5 Å². The number of furan rings is 1. The molecule has 4 aromatic rings. The number of aromatic nitrogens is 3. The summed E-state index contributed by atoms with van der Waals surface area (Å²) in [4.78, 5) is 25.1. The number of benzene rings is 2. The second kappa shape index (κ2) is 9.87. The minimum absolute atomic E-state index is 0.0344. The van der Waals surface area contributed by atoms with Crippen LogP contribution >= 0.6 is 11.8 Å². The van der Waals surface area contributed by atoms with Gasteiger partial charge in [-0.15, -0.1) is 10.2 Å². The maximum atomic E-state index is 13.6. The average molecular weight is 461 g/mol. The number of rotatable bonds is 9. The molecule has 1 atom stereocenters. The molecule has 1 amide bonds. The predicted octanol–water partition coefficient (Wildman–Crippen LogP) is 4.75. The fraction of sp³-hybridized carbons (Fsp3) is 0.200. The predicted molar refractivity (Wildman–Crippen MR) is 127 cm³/mol. The summed E-state index contributed by atoms with van der Waals surface area (Å²) in [5.74, 6) is 0.536. The Morgan fingerprint density at radius 1 is 1.00 bits per heavy atom. The van der Waals surface area contributed by atoms with Crippen molar-refractivity contribution >= 4 is 23.5 Å². The number of thioether (sulfide) groups is 1. The Bertz CT molecular complexity index is 1250. The summed E-state index contributed by atoms with van der Waals surface area (Å²) < 4.78 is 7.27. The largest absolute Gasteiger partial charge is 0.461 e. The van der Waals surface area contributed by atoms with Gasteiger partial charge >= 0.3 is 0 Å². The standard InChI is InChI=1S/C25H24N4O3S/c1-16-5-9-18(10-6-16)22(31)23(19-11-7-17(2)8-12-19)33-25-28-27-24(20-4-3-15-32-20)29(25)14-13-21(26)30/h3-12,15,23H,13-14H2,1-2H3,(H2,26,30). The quantitative estimate of drug-likeness (QED) is 0.286. The molecule has 0 aliphatic heterocycles. The van der Waals surface area contributed by atoms with Crippen LogP contribution < -0.4 is 5.73 Å². The van der Waals surface area contributed by atoms with Gasteiger partial charge in [-0.05, 0) is 31.5 Å². The molecule has 0 spiro atoms. The van der Waals surface area contributed by atoms with Gasteiger partial charge in [-0.25, -0.2) is 0 Å². The first-order chi connectivity index (χ1) is 15.9. The highest BCUT2D eigenvalue weighted by atomic mass is 32.2. The highest BCUT2D eigenvalue weighted by molar-refractivity contribution is 8.00. The van der Waals surface area contributed by atoms with Crippen LogP contribution in [-0.2, 0) is 11.3 Å². The fourth-order valence-corrected chi connectivity index (χ4v) is 4.52. The number of nitrogens with two attached hydrogens (primary N) is 1. The van der Waals surface area contributed by atoms with Gasteiger partial charge in [0.15, 0.2) is 22.5 Å². The Kier molecular flexibility index (Phi) is 6.74. The molecule has 0 aliphatic rings. The molecule has 0 aliphatic carbocycles. The number of nitrogens with zero attached hydrogens (tertiary/aromatic N) is 3. The molecule has 2 aromatic carbocycles. The lowest BCUT2D eigenvalue weighted by molar-refractivity contribution is -0.118. The van der Waals surface area contributed by atoms with Gasteiger partial charge in [0.1, 0.15) is 5.25 Å². The first-order valence-electron chi connectivity index (χ1n) is 10.5. The molecular weight excluding hydrogens is 436 g/mol. The van der Waals surface area contributed by atoms with Gasteiger partial charge in [0.25, 0.3) is 0 Å². The maximum absolute atomic E-state index is 13.6. The van der Waals surface area contributed by atoms with Crippen molar-refractivity contribution in [1.29, 1.82) is 0 Å². The van der Waals surface area contributed by atoms with Crippen LogP contribution in [0.4, 0.5) is 0 Å². The molecule has 0 saturated heterocycles. The van der Waals surface area contributed by atoms with E-state index in [0.717, 1.165) is 16.7 Å². The minimum atomic E-state index is -0.547. The summed E-state index contributed by atoms with van der Waals surface area (Å²) in [6, 6.07) is 18.9. The number of primary amides is 1. The smallest absolute Gasteiger partial charge is 0.219 e. The number of hydrogen-bond acceptors (Lipinski definition) is 6. The van der Waals surface area contributed by atoms with Crippen LogP contribution in [0.5, 0.6) is 0 Å². The van der Waals surface area contributed by atoms with Crippen molar-refractivity contribution < 1.29 is 14.0 Å². The zero-order valence-electron chi connectivity index (χ0n) is 18.4. The van der Waals surface area contributed by atoms with Crippen LogP contribution in [0.15, 0.2) is 76.5 Å². The Labute approximate surface area is 196 Å². The van der Waals surface area contributed by atoms with Crippen molar-refractivity contribution in [3.05, 3.63) is 89.2 Å². The number of carbonyl (C=O) groups is 2. The summed E-state index contributed by atoms with van der Waals surface area (Å²) in [6.07, 6.45) is 1.66. The number of amides is 1. The molecule has 33 heavy (non-hydrogen) atoms. The van der Waals surface area contributed by atoms with E-state index in [4.69, 9.17) is 10.2 Å². The molecule has 4 rings (SSSR count). The van der Waals surface area contributed by atoms with Crippen LogP contribution in [0, 0.1) is 13.8 Å². The van der Waals surface area contributed by atoms with Gasteiger partial charge in [0, 0.05) is 18.5 Å². The van der Waals surface area contributed by atoms with Crippen LogP contribution in [0.3, 0.4) is 0 Å². The van der Waals surface area contributed by atoms with Crippen molar-refractivity contribution in [2.45, 2.75) is 37.2 Å². The van der Waals surface area contributed by atoms with Crippen molar-refractivity contribution in [3.8, 4) is 11.6 Å². The highest BCUT2D eigenvalue weighted by Gasteiger charge is 2.27. The Morgan fingerprint density at radius 3 is 2.27 bits per heavy atom. The van der Waals surface area contributed by atoms with E-state index in [-0.39, 0.29) is 18.7 Å². The summed E-state index contributed by atoms with van der Waals surface area (Å²) in [6.45, 7) is 4.27. The van der Waals surface area contributed by atoms with Crippen molar-refractivity contribution in [2.75, 3.05) is 0 Å². The van der Waals surface area contributed by atoms with Gasteiger partial charge in [-0.3, -0.25) is 14.2 Å². The van der Waals surface area contributed by atoms with Crippen molar-refractivity contribution in [3.63, 3.8) is 0 Å². The molecule has 0 fully saturated rings. The normalized spacial score (nSPS) is 11.9. The summed E-state index contributed by atoms with van der Waals surface area (Å²) in [5, 5.41) is 8.57. The lowest BCUT2D eigenvalue weighted by Crippen LogP contribution is -2.16. The second-order valence-electron chi connectivity index (χ2n) is 7.79. The monoisotopic (exact) mass is 460 g/mol. The third-order valence-corrected chi connectivity index (χ3v) is 6.45. The zero-order chi connectivity index (χ0) is 23.4. The van der Waals surface area contributed by atoms with E-state index in [9.17, 15) is 9.59 Å². The van der Waals surface area contributed by atoms with Gasteiger partial charge in [-0.2, -0.15) is 0 Å². The molecule has 7 nitrogen and oxygen atoms in total. The molecule has 0 saturated carbocycles. The lowest BCUT2D eigenvalue weighted by Gasteiger charge is -2.17. The zero-order valence-corrected chi connectivity index (χ0v) is 19.2. The number of hydrogen-bond donors (Lipinski definition) is 1. The summed E-state index contributed by atoms with van der Waals surface area (Å²) in [7, 11) is 0. The van der Waals surface area contributed by atoms with E-state index < -0.39 is 11.2 Å². The average Bonchev–Trinajstić information content (AvgIpc) is 3.46. The molecule has 0 bridgehead atoms. The van der Waals surface area contributed by atoms with Crippen molar-refractivity contribution in [2.24, 2.45) is 5.73 Å². The first kappa shape index (κ1) is 22.5. The van der Waals surface area contributed by atoms with E-state index in [1.54, 1.807) is 23.0 Å². The van der Waals surface area contributed by atoms with Gasteiger partial charge in [0.2, 0.25) is 5.91 Å². The topological polar surface area (TPSA) is 104 Å². The number of carbonyl (C=O) groups excluding carboxylic acids is 2. The molecular formula is C25H24N4O3S. The van der Waals surface area contributed by atoms with E-state index in [2.05, 4.69) is 10.2 Å². The molecule has 2 heterocycles. The summed E-state index contributed by atoms with van der Waals surface area (Å²) in [5.41, 5.74) is 9.06. The van der Waals surface area contributed by atoms with Crippen molar-refractivity contribution in [1.82, 2.24) is 14.8 Å². The molecule has 8 heteroatoms. The van der Waals surface area contributed by atoms with Gasteiger partial charge in [0.05, 0.1) is 6.26 Å². The second-order valence-corrected chi connectivity index (χ2v) is 8.86. The number of Topliss-reactive ketones (excluding diaryl/α,β-unsaturated/α-hetero) is 1.